The summed E-state index contributed by atoms with van der Waals surface area (Å²) in [6.07, 6.45) is 6.92. The molecule has 0 spiro atoms. The van der Waals surface area contributed by atoms with Crippen molar-refractivity contribution < 1.29 is 9.84 Å². The van der Waals surface area contributed by atoms with Crippen LogP contribution in [0.4, 0.5) is 0 Å². The number of hydrogen-bond donors (Lipinski definition) is 1. The molecule has 0 bridgehead atoms. The fourth-order valence-corrected chi connectivity index (χ4v) is 3.77. The lowest BCUT2D eigenvalue weighted by Crippen LogP contribution is -2.34. The monoisotopic (exact) mass is 261 g/mol. The Morgan fingerprint density at radius 2 is 2.11 bits per heavy atom. The molecular formula is C16H23NO2. The lowest BCUT2D eigenvalue weighted by molar-refractivity contribution is 0.176. The summed E-state index contributed by atoms with van der Waals surface area (Å²) in [7, 11) is 1.59. The summed E-state index contributed by atoms with van der Waals surface area (Å²) < 4.78 is 5.09. The molecule has 2 fully saturated rings. The standard InChI is InChI=1S/C16H23NO2/c1-19-16-7-6-12(10-15(16)18)11-17-9-8-13-4-2-3-5-14(13)17/h6-7,10,13-14,18H,2-5,8-9,11H2,1H3. The minimum Gasteiger partial charge on any atom is -0.504 e. The Hall–Kier alpha value is -1.22. The van der Waals surface area contributed by atoms with E-state index in [1.54, 1.807) is 7.11 Å². The first-order valence-corrected chi connectivity index (χ1v) is 7.38. The van der Waals surface area contributed by atoms with Gasteiger partial charge in [-0.3, -0.25) is 4.90 Å². The number of hydrogen-bond acceptors (Lipinski definition) is 3. The maximum atomic E-state index is 9.85. The fraction of sp³-hybridized carbons (Fsp3) is 0.625. The molecule has 2 atom stereocenters. The van der Waals surface area contributed by atoms with Gasteiger partial charge in [0.05, 0.1) is 7.11 Å². The van der Waals surface area contributed by atoms with Gasteiger partial charge in [0.25, 0.3) is 0 Å². The number of ether oxygens (including phenoxy) is 1. The molecule has 1 aromatic rings. The van der Waals surface area contributed by atoms with E-state index in [0.717, 1.165) is 18.5 Å². The Morgan fingerprint density at radius 1 is 1.26 bits per heavy atom. The highest BCUT2D eigenvalue weighted by molar-refractivity contribution is 5.41. The zero-order chi connectivity index (χ0) is 13.2. The van der Waals surface area contributed by atoms with Gasteiger partial charge >= 0.3 is 0 Å². The summed E-state index contributed by atoms with van der Waals surface area (Å²) in [5.74, 6) is 1.72. The number of likely N-dealkylation sites (tertiary alicyclic amines) is 1. The van der Waals surface area contributed by atoms with Gasteiger partial charge in [0, 0.05) is 12.6 Å². The lowest BCUT2D eigenvalue weighted by atomic mass is 9.85. The molecule has 1 aliphatic heterocycles. The van der Waals surface area contributed by atoms with Crippen molar-refractivity contribution in [2.45, 2.75) is 44.7 Å². The Kier molecular flexibility index (Phi) is 3.65. The minimum absolute atomic E-state index is 0.249. The quantitative estimate of drug-likeness (QED) is 0.907. The van der Waals surface area contributed by atoms with E-state index in [2.05, 4.69) is 11.0 Å². The summed E-state index contributed by atoms with van der Waals surface area (Å²) in [6, 6.07) is 6.54. The van der Waals surface area contributed by atoms with Crippen LogP contribution in [0.15, 0.2) is 18.2 Å². The smallest absolute Gasteiger partial charge is 0.160 e. The number of benzene rings is 1. The summed E-state index contributed by atoms with van der Waals surface area (Å²) in [6.45, 7) is 2.17. The van der Waals surface area contributed by atoms with Crippen molar-refractivity contribution in [3.05, 3.63) is 23.8 Å². The molecule has 0 amide bonds. The summed E-state index contributed by atoms with van der Waals surface area (Å²) in [4.78, 5) is 2.60. The third-order valence-corrected chi connectivity index (χ3v) is 4.75. The van der Waals surface area contributed by atoms with Crippen LogP contribution in [0.5, 0.6) is 11.5 Å². The van der Waals surface area contributed by atoms with E-state index in [1.165, 1.54) is 44.2 Å². The van der Waals surface area contributed by atoms with Crippen LogP contribution in [0.3, 0.4) is 0 Å². The zero-order valence-electron chi connectivity index (χ0n) is 11.6. The number of aromatic hydroxyl groups is 1. The molecule has 3 nitrogen and oxygen atoms in total. The SMILES string of the molecule is COc1ccc(CN2CCC3CCCCC32)cc1O. The maximum absolute atomic E-state index is 9.85. The number of fused-ring (bicyclic) bond motifs is 1. The van der Waals surface area contributed by atoms with Crippen LogP contribution in [0.1, 0.15) is 37.7 Å². The number of nitrogens with zero attached hydrogens (tertiary/aromatic N) is 1. The van der Waals surface area contributed by atoms with Crippen molar-refractivity contribution in [2.24, 2.45) is 5.92 Å². The van der Waals surface area contributed by atoms with Gasteiger partial charge in [-0.25, -0.2) is 0 Å². The van der Waals surface area contributed by atoms with Gasteiger partial charge in [0.1, 0.15) is 0 Å². The molecule has 3 rings (SSSR count). The van der Waals surface area contributed by atoms with E-state index in [1.807, 2.05) is 12.1 Å². The van der Waals surface area contributed by atoms with Crippen LogP contribution in [0.25, 0.3) is 0 Å². The Morgan fingerprint density at radius 3 is 2.89 bits per heavy atom. The maximum Gasteiger partial charge on any atom is 0.160 e. The van der Waals surface area contributed by atoms with Crippen LogP contribution < -0.4 is 4.74 Å². The second kappa shape index (κ2) is 5.41. The highest BCUT2D eigenvalue weighted by Gasteiger charge is 2.35. The highest BCUT2D eigenvalue weighted by atomic mass is 16.5. The third kappa shape index (κ3) is 2.57. The predicted octanol–water partition coefficient (Wildman–Crippen LogP) is 3.17. The van der Waals surface area contributed by atoms with Gasteiger partial charge < -0.3 is 9.84 Å². The molecule has 1 saturated carbocycles. The van der Waals surface area contributed by atoms with Gasteiger partial charge in [-0.05, 0) is 49.4 Å². The van der Waals surface area contributed by atoms with Crippen molar-refractivity contribution in [1.29, 1.82) is 0 Å². The Bertz CT molecular complexity index is 446. The van der Waals surface area contributed by atoms with Crippen LogP contribution in [0, 0.1) is 5.92 Å². The van der Waals surface area contributed by atoms with Crippen molar-refractivity contribution >= 4 is 0 Å². The molecule has 1 heterocycles. The van der Waals surface area contributed by atoms with E-state index in [9.17, 15) is 5.11 Å². The average molecular weight is 261 g/mol. The molecular weight excluding hydrogens is 238 g/mol. The van der Waals surface area contributed by atoms with Crippen LogP contribution in [-0.4, -0.2) is 29.7 Å². The fourth-order valence-electron chi connectivity index (χ4n) is 3.77. The predicted molar refractivity (Wildman–Crippen MR) is 75.4 cm³/mol. The molecule has 1 aliphatic carbocycles. The molecule has 3 heteroatoms. The van der Waals surface area contributed by atoms with Gasteiger partial charge in [0.2, 0.25) is 0 Å². The zero-order valence-corrected chi connectivity index (χ0v) is 11.6. The molecule has 0 radical (unpaired) electrons. The normalized spacial score (nSPS) is 27.2. The lowest BCUT2D eigenvalue weighted by Gasteiger charge is -2.31. The number of methoxy groups -OCH3 is 1. The van der Waals surface area contributed by atoms with E-state index in [-0.39, 0.29) is 5.75 Å². The first-order chi connectivity index (χ1) is 9.28. The third-order valence-electron chi connectivity index (χ3n) is 4.75. The molecule has 1 saturated heterocycles. The van der Waals surface area contributed by atoms with Crippen molar-refractivity contribution in [1.82, 2.24) is 4.90 Å². The molecule has 104 valence electrons. The Labute approximate surface area is 115 Å². The minimum atomic E-state index is 0.249. The van der Waals surface area contributed by atoms with E-state index < -0.39 is 0 Å². The highest BCUT2D eigenvalue weighted by Crippen LogP contribution is 2.37. The van der Waals surface area contributed by atoms with Gasteiger partial charge in [-0.15, -0.1) is 0 Å². The average Bonchev–Trinajstić information content (AvgIpc) is 2.83. The molecule has 1 aromatic carbocycles. The van der Waals surface area contributed by atoms with Gasteiger partial charge in [-0.1, -0.05) is 18.9 Å². The summed E-state index contributed by atoms with van der Waals surface area (Å²) >= 11 is 0. The summed E-state index contributed by atoms with van der Waals surface area (Å²) in [5, 5.41) is 9.85. The summed E-state index contributed by atoms with van der Waals surface area (Å²) in [5.41, 5.74) is 1.18. The molecule has 0 aromatic heterocycles. The molecule has 2 unspecified atom stereocenters. The number of phenols is 1. The molecule has 1 N–H and O–H groups in total. The molecule has 19 heavy (non-hydrogen) atoms. The van der Waals surface area contributed by atoms with Crippen molar-refractivity contribution in [3.63, 3.8) is 0 Å². The van der Waals surface area contributed by atoms with Gasteiger partial charge in [-0.2, -0.15) is 0 Å². The first kappa shape index (κ1) is 12.8. The second-order valence-corrected chi connectivity index (χ2v) is 5.88. The van der Waals surface area contributed by atoms with Crippen molar-refractivity contribution in [3.8, 4) is 11.5 Å². The second-order valence-electron chi connectivity index (χ2n) is 5.88. The first-order valence-electron chi connectivity index (χ1n) is 7.38. The Balaban J connectivity index is 1.69. The van der Waals surface area contributed by atoms with Crippen LogP contribution in [0.2, 0.25) is 0 Å². The number of phenolic OH excluding ortho intramolecular Hbond substituents is 1. The topological polar surface area (TPSA) is 32.7 Å². The molecule has 2 aliphatic rings. The van der Waals surface area contributed by atoms with Crippen LogP contribution >= 0.6 is 0 Å². The van der Waals surface area contributed by atoms with Gasteiger partial charge in [0.15, 0.2) is 11.5 Å². The van der Waals surface area contributed by atoms with E-state index in [0.29, 0.717) is 5.75 Å². The van der Waals surface area contributed by atoms with Crippen LogP contribution in [-0.2, 0) is 6.54 Å². The number of rotatable bonds is 3. The van der Waals surface area contributed by atoms with E-state index in [4.69, 9.17) is 4.74 Å². The van der Waals surface area contributed by atoms with Crippen molar-refractivity contribution in [2.75, 3.05) is 13.7 Å². The van der Waals surface area contributed by atoms with E-state index >= 15 is 0 Å². The largest absolute Gasteiger partial charge is 0.504 e.